The number of likely N-dealkylation sites (tertiary alicyclic amines) is 1. The summed E-state index contributed by atoms with van der Waals surface area (Å²) in [5.74, 6) is 0.873. The second-order valence-electron chi connectivity index (χ2n) is 9.44. The summed E-state index contributed by atoms with van der Waals surface area (Å²) in [5, 5.41) is 13.2. The van der Waals surface area contributed by atoms with E-state index >= 15 is 4.39 Å². The van der Waals surface area contributed by atoms with Gasteiger partial charge in [-0.1, -0.05) is 11.6 Å². The first-order chi connectivity index (χ1) is 17.7. The molecule has 4 rings (SSSR count). The fraction of sp³-hybridized carbons (Fsp3) is 0.440. The van der Waals surface area contributed by atoms with Crippen molar-refractivity contribution in [3.05, 3.63) is 52.1 Å². The first kappa shape index (κ1) is 26.6. The Morgan fingerprint density at radius 3 is 2.68 bits per heavy atom. The summed E-state index contributed by atoms with van der Waals surface area (Å²) >= 11 is 6.22. The van der Waals surface area contributed by atoms with Gasteiger partial charge in [0.25, 0.3) is 0 Å². The van der Waals surface area contributed by atoms with Gasteiger partial charge in [0.15, 0.2) is 11.6 Å². The highest BCUT2D eigenvalue weighted by atomic mass is 35.5. The van der Waals surface area contributed by atoms with E-state index in [1.807, 2.05) is 38.9 Å². The van der Waals surface area contributed by atoms with Crippen LogP contribution in [0.1, 0.15) is 35.6 Å². The number of rotatable bonds is 8. The molecule has 0 bridgehead atoms. The van der Waals surface area contributed by atoms with Gasteiger partial charge in [0.2, 0.25) is 5.95 Å². The van der Waals surface area contributed by atoms with Gasteiger partial charge < -0.3 is 25.2 Å². The van der Waals surface area contributed by atoms with E-state index in [1.165, 1.54) is 6.20 Å². The van der Waals surface area contributed by atoms with Gasteiger partial charge in [-0.25, -0.2) is 14.2 Å². The van der Waals surface area contributed by atoms with Crippen molar-refractivity contribution in [1.29, 1.82) is 0 Å². The van der Waals surface area contributed by atoms with Crippen molar-refractivity contribution in [2.45, 2.75) is 32.6 Å². The summed E-state index contributed by atoms with van der Waals surface area (Å²) in [4.78, 5) is 24.5. The molecule has 1 fully saturated rings. The molecule has 0 aliphatic carbocycles. The number of ether oxygens (including phenoxy) is 1. The molecule has 2 aromatic heterocycles. The number of nitrogens with one attached hydrogen (secondary N) is 3. The minimum atomic E-state index is -0.401. The number of halogens is 2. The molecule has 12 heteroatoms. The molecule has 198 valence electrons. The summed E-state index contributed by atoms with van der Waals surface area (Å²) in [6, 6.07) is 5.13. The van der Waals surface area contributed by atoms with Crippen LogP contribution < -0.4 is 10.6 Å². The third-order valence-electron chi connectivity index (χ3n) is 6.26. The number of carbonyl (C=O) groups is 1. The Morgan fingerprint density at radius 2 is 2.00 bits per heavy atom. The van der Waals surface area contributed by atoms with Gasteiger partial charge in [-0.2, -0.15) is 10.1 Å². The Bertz CT molecular complexity index is 1240. The number of H-pyrrole nitrogens is 1. The Balaban J connectivity index is 1.39. The standard InChI is InChI=1S/C25H32ClFN8O2/c1-15-11-21(29-24-28-14-19(26)23(31-24)30-22-12-16(2)32-33-22)20(27)13-18(15)17-5-7-35(8-6-17)25(36)37-10-9-34(3)4/h11-14,17H,5-10H2,1-4H3,(H3,28,29,30,31,32,33). The molecule has 1 aliphatic rings. The number of piperidine rings is 1. The normalized spacial score (nSPS) is 14.2. The molecule has 1 aromatic carbocycles. The predicted molar refractivity (Wildman–Crippen MR) is 142 cm³/mol. The summed E-state index contributed by atoms with van der Waals surface area (Å²) < 4.78 is 20.5. The van der Waals surface area contributed by atoms with Crippen LogP contribution in [-0.4, -0.2) is 76.4 Å². The van der Waals surface area contributed by atoms with E-state index in [0.717, 1.165) is 29.7 Å². The van der Waals surface area contributed by atoms with Crippen molar-refractivity contribution in [2.75, 3.05) is 51.0 Å². The number of carbonyl (C=O) groups excluding carboxylic acids is 1. The van der Waals surface area contributed by atoms with Crippen molar-refractivity contribution in [3.63, 3.8) is 0 Å². The summed E-state index contributed by atoms with van der Waals surface area (Å²) in [5.41, 5.74) is 3.05. The maximum absolute atomic E-state index is 15.1. The van der Waals surface area contributed by atoms with Gasteiger partial charge in [0, 0.05) is 31.4 Å². The summed E-state index contributed by atoms with van der Waals surface area (Å²) in [6.45, 7) is 6.04. The third-order valence-corrected chi connectivity index (χ3v) is 6.53. The lowest BCUT2D eigenvalue weighted by Gasteiger charge is -2.32. The summed E-state index contributed by atoms with van der Waals surface area (Å²) in [6.07, 6.45) is 2.65. The van der Waals surface area contributed by atoms with Crippen LogP contribution in [0.25, 0.3) is 0 Å². The van der Waals surface area contributed by atoms with Crippen molar-refractivity contribution >= 4 is 41.0 Å². The van der Waals surface area contributed by atoms with Crippen molar-refractivity contribution in [2.24, 2.45) is 0 Å². The minimum absolute atomic E-state index is 0.161. The van der Waals surface area contributed by atoms with Gasteiger partial charge in [0.05, 0.1) is 11.9 Å². The topological polar surface area (TPSA) is 111 Å². The van der Waals surface area contributed by atoms with E-state index in [4.69, 9.17) is 16.3 Å². The van der Waals surface area contributed by atoms with Crippen LogP contribution in [-0.2, 0) is 4.74 Å². The van der Waals surface area contributed by atoms with Crippen LogP contribution >= 0.6 is 11.6 Å². The molecule has 0 atom stereocenters. The van der Waals surface area contributed by atoms with E-state index in [1.54, 1.807) is 17.0 Å². The lowest BCUT2D eigenvalue weighted by Crippen LogP contribution is -2.39. The molecule has 3 aromatic rings. The molecule has 3 heterocycles. The van der Waals surface area contributed by atoms with Gasteiger partial charge in [-0.3, -0.25) is 5.10 Å². The second-order valence-corrected chi connectivity index (χ2v) is 9.85. The molecule has 37 heavy (non-hydrogen) atoms. The van der Waals surface area contributed by atoms with Crippen LogP contribution in [0, 0.1) is 19.7 Å². The Labute approximate surface area is 220 Å². The Hall–Kier alpha value is -3.44. The largest absolute Gasteiger partial charge is 0.448 e. The highest BCUT2D eigenvalue weighted by Gasteiger charge is 2.26. The zero-order chi connectivity index (χ0) is 26.5. The molecule has 3 N–H and O–H groups in total. The Morgan fingerprint density at radius 1 is 1.24 bits per heavy atom. The molecule has 0 spiro atoms. The van der Waals surface area contributed by atoms with E-state index in [2.05, 4.69) is 30.8 Å². The number of benzene rings is 1. The lowest BCUT2D eigenvalue weighted by molar-refractivity contribution is 0.0872. The molecule has 1 aliphatic heterocycles. The van der Waals surface area contributed by atoms with Crippen LogP contribution in [0.5, 0.6) is 0 Å². The number of anilines is 4. The zero-order valence-corrected chi connectivity index (χ0v) is 22.2. The molecule has 10 nitrogen and oxygen atoms in total. The van der Waals surface area contributed by atoms with E-state index in [9.17, 15) is 4.79 Å². The van der Waals surface area contributed by atoms with Crippen LogP contribution in [0.2, 0.25) is 5.02 Å². The quantitative estimate of drug-likeness (QED) is 0.374. The van der Waals surface area contributed by atoms with Gasteiger partial charge in [-0.05, 0) is 70.0 Å². The maximum Gasteiger partial charge on any atom is 0.409 e. The molecule has 0 saturated carbocycles. The van der Waals surface area contributed by atoms with E-state index < -0.39 is 5.82 Å². The number of hydrogen-bond donors (Lipinski definition) is 3. The zero-order valence-electron chi connectivity index (χ0n) is 21.4. The lowest BCUT2D eigenvalue weighted by atomic mass is 9.86. The second kappa shape index (κ2) is 11.7. The first-order valence-electron chi connectivity index (χ1n) is 12.1. The SMILES string of the molecule is Cc1cc(Nc2nc(Nc3cc(C)c(C4CCN(C(=O)OCCN(C)C)CC4)cc3F)ncc2Cl)n[nH]1. The number of aromatic amines is 1. The predicted octanol–water partition coefficient (Wildman–Crippen LogP) is 4.97. The Kier molecular flexibility index (Phi) is 8.45. The number of nitrogens with zero attached hydrogens (tertiary/aromatic N) is 5. The van der Waals surface area contributed by atoms with Crippen LogP contribution in [0.15, 0.2) is 24.4 Å². The van der Waals surface area contributed by atoms with Crippen molar-refractivity contribution < 1.29 is 13.9 Å². The average Bonchev–Trinajstić information content (AvgIpc) is 3.27. The maximum atomic E-state index is 15.1. The number of likely N-dealkylation sites (N-methyl/N-ethyl adjacent to an activating group) is 1. The highest BCUT2D eigenvalue weighted by Crippen LogP contribution is 2.34. The first-order valence-corrected chi connectivity index (χ1v) is 12.5. The fourth-order valence-corrected chi connectivity index (χ4v) is 4.39. The van der Waals surface area contributed by atoms with E-state index in [0.29, 0.717) is 42.9 Å². The number of hydrogen-bond acceptors (Lipinski definition) is 8. The van der Waals surface area contributed by atoms with Crippen LogP contribution in [0.4, 0.5) is 32.5 Å². The number of aryl methyl sites for hydroxylation is 2. The number of amides is 1. The molecule has 1 saturated heterocycles. The van der Waals surface area contributed by atoms with E-state index in [-0.39, 0.29) is 23.6 Å². The number of aromatic nitrogens is 4. The molecular weight excluding hydrogens is 499 g/mol. The third kappa shape index (κ3) is 6.86. The van der Waals surface area contributed by atoms with Gasteiger partial charge in [-0.15, -0.1) is 0 Å². The monoisotopic (exact) mass is 530 g/mol. The fourth-order valence-electron chi connectivity index (χ4n) is 4.25. The van der Waals surface area contributed by atoms with Gasteiger partial charge in [0.1, 0.15) is 17.4 Å². The van der Waals surface area contributed by atoms with Crippen LogP contribution in [0.3, 0.4) is 0 Å². The molecule has 0 radical (unpaired) electrons. The molecule has 1 amide bonds. The molecular formula is C25H32ClFN8O2. The van der Waals surface area contributed by atoms with Gasteiger partial charge >= 0.3 is 6.09 Å². The minimum Gasteiger partial charge on any atom is -0.448 e. The summed E-state index contributed by atoms with van der Waals surface area (Å²) in [7, 11) is 3.86. The highest BCUT2D eigenvalue weighted by molar-refractivity contribution is 6.32. The van der Waals surface area contributed by atoms with Crippen molar-refractivity contribution in [1.82, 2.24) is 30.0 Å². The smallest absolute Gasteiger partial charge is 0.409 e. The average molecular weight is 531 g/mol. The van der Waals surface area contributed by atoms with Crippen molar-refractivity contribution in [3.8, 4) is 0 Å². The molecule has 0 unspecified atom stereocenters.